The highest BCUT2D eigenvalue weighted by Crippen LogP contribution is 2.23. The van der Waals surface area contributed by atoms with Gasteiger partial charge in [-0.2, -0.15) is 0 Å². The minimum Gasteiger partial charge on any atom is -0.339 e. The molecule has 2 aliphatic heterocycles. The fraction of sp³-hybridized carbons (Fsp3) is 0.938. The lowest BCUT2D eigenvalue weighted by Crippen LogP contribution is -2.56. The maximum atomic E-state index is 12.7. The summed E-state index contributed by atoms with van der Waals surface area (Å²) in [4.78, 5) is 19.6. The first kappa shape index (κ1) is 15.8. The molecule has 0 N–H and O–H groups in total. The van der Waals surface area contributed by atoms with Gasteiger partial charge in [0.05, 0.1) is 6.04 Å². The summed E-state index contributed by atoms with van der Waals surface area (Å²) in [5.74, 6) is 1.76. The van der Waals surface area contributed by atoms with Gasteiger partial charge in [-0.25, -0.2) is 0 Å². The predicted octanol–water partition coefficient (Wildman–Crippen LogP) is 1.52. The molecule has 0 aromatic carbocycles. The highest BCUT2D eigenvalue weighted by atomic mass is 16.2. The molecule has 2 fully saturated rings. The number of piperazine rings is 1. The van der Waals surface area contributed by atoms with E-state index in [1.54, 1.807) is 0 Å². The third-order valence-corrected chi connectivity index (χ3v) is 4.93. The fourth-order valence-electron chi connectivity index (χ4n) is 3.73. The molecule has 4 nitrogen and oxygen atoms in total. The Balaban J connectivity index is 1.88. The summed E-state index contributed by atoms with van der Waals surface area (Å²) in [6.07, 6.45) is 1.30. The topological polar surface area (TPSA) is 26.8 Å². The van der Waals surface area contributed by atoms with Crippen LogP contribution in [0.15, 0.2) is 0 Å². The van der Waals surface area contributed by atoms with Crippen molar-refractivity contribution in [3.8, 4) is 0 Å². The number of carbonyl (C=O) groups is 1. The van der Waals surface area contributed by atoms with E-state index in [-0.39, 0.29) is 6.04 Å². The quantitative estimate of drug-likeness (QED) is 0.785. The summed E-state index contributed by atoms with van der Waals surface area (Å²) in [6.45, 7) is 16.0. The van der Waals surface area contributed by atoms with Gasteiger partial charge >= 0.3 is 0 Å². The van der Waals surface area contributed by atoms with E-state index in [0.29, 0.717) is 17.7 Å². The molecule has 0 aliphatic carbocycles. The molecule has 0 bridgehead atoms. The van der Waals surface area contributed by atoms with E-state index < -0.39 is 0 Å². The van der Waals surface area contributed by atoms with Crippen LogP contribution in [0.3, 0.4) is 0 Å². The fourth-order valence-corrected chi connectivity index (χ4v) is 3.73. The van der Waals surface area contributed by atoms with Crippen molar-refractivity contribution in [3.05, 3.63) is 0 Å². The number of likely N-dealkylation sites (N-methyl/N-ethyl adjacent to an activating group) is 1. The van der Waals surface area contributed by atoms with Gasteiger partial charge in [-0.1, -0.05) is 20.8 Å². The van der Waals surface area contributed by atoms with Gasteiger partial charge in [-0.3, -0.25) is 9.69 Å². The summed E-state index contributed by atoms with van der Waals surface area (Å²) in [7, 11) is 0. The first-order valence-corrected chi connectivity index (χ1v) is 8.26. The van der Waals surface area contributed by atoms with Crippen LogP contribution in [0.4, 0.5) is 0 Å². The van der Waals surface area contributed by atoms with Crippen molar-refractivity contribution in [2.75, 3.05) is 45.8 Å². The number of rotatable bonds is 3. The molecule has 20 heavy (non-hydrogen) atoms. The Morgan fingerprint density at radius 3 is 2.15 bits per heavy atom. The molecule has 0 saturated carbocycles. The Morgan fingerprint density at radius 2 is 1.65 bits per heavy atom. The third-order valence-electron chi connectivity index (χ3n) is 4.93. The molecule has 2 saturated heterocycles. The van der Waals surface area contributed by atoms with Gasteiger partial charge < -0.3 is 9.80 Å². The summed E-state index contributed by atoms with van der Waals surface area (Å²) < 4.78 is 0. The van der Waals surface area contributed by atoms with Crippen LogP contribution in [0.2, 0.25) is 0 Å². The molecule has 2 heterocycles. The molecule has 3 unspecified atom stereocenters. The van der Waals surface area contributed by atoms with Gasteiger partial charge in [0.25, 0.3) is 0 Å². The van der Waals surface area contributed by atoms with Crippen LogP contribution in [0, 0.1) is 11.8 Å². The van der Waals surface area contributed by atoms with Gasteiger partial charge in [0.15, 0.2) is 0 Å². The van der Waals surface area contributed by atoms with Crippen LogP contribution in [-0.4, -0.2) is 72.5 Å². The third kappa shape index (κ3) is 3.73. The minimum absolute atomic E-state index is 0.0494. The van der Waals surface area contributed by atoms with Crippen molar-refractivity contribution in [1.29, 1.82) is 0 Å². The van der Waals surface area contributed by atoms with Crippen LogP contribution in [0.5, 0.6) is 0 Å². The van der Waals surface area contributed by atoms with Crippen molar-refractivity contribution in [2.45, 2.75) is 40.2 Å². The number of likely N-dealkylation sites (tertiary alicyclic amines) is 1. The highest BCUT2D eigenvalue weighted by Gasteiger charge is 2.32. The van der Waals surface area contributed by atoms with Crippen molar-refractivity contribution in [2.24, 2.45) is 11.8 Å². The van der Waals surface area contributed by atoms with Crippen molar-refractivity contribution >= 4 is 5.91 Å². The number of hydrogen-bond donors (Lipinski definition) is 0. The van der Waals surface area contributed by atoms with E-state index in [1.165, 1.54) is 6.42 Å². The number of piperidine rings is 1. The number of carbonyl (C=O) groups excluding carboxylic acids is 1. The smallest absolute Gasteiger partial charge is 0.239 e. The lowest BCUT2D eigenvalue weighted by molar-refractivity contribution is -0.139. The lowest BCUT2D eigenvalue weighted by Gasteiger charge is -2.41. The average Bonchev–Trinajstić information content (AvgIpc) is 2.45. The Labute approximate surface area is 124 Å². The van der Waals surface area contributed by atoms with Gasteiger partial charge in [-0.15, -0.1) is 0 Å². The monoisotopic (exact) mass is 281 g/mol. The molecular weight excluding hydrogens is 250 g/mol. The standard InChI is InChI=1S/C16H31N3O/c1-5-17-6-8-18(9-7-17)16(20)15(4)19-11-13(2)10-14(3)12-19/h13-15H,5-12H2,1-4H3. The van der Waals surface area contributed by atoms with Gasteiger partial charge in [0.2, 0.25) is 5.91 Å². The Hall–Kier alpha value is -0.610. The largest absolute Gasteiger partial charge is 0.339 e. The van der Waals surface area contributed by atoms with Gasteiger partial charge in [-0.05, 0) is 31.7 Å². The molecule has 1 amide bonds. The summed E-state index contributed by atoms with van der Waals surface area (Å²) in [5.41, 5.74) is 0. The van der Waals surface area contributed by atoms with E-state index in [9.17, 15) is 4.79 Å². The van der Waals surface area contributed by atoms with Crippen molar-refractivity contribution < 1.29 is 4.79 Å². The number of hydrogen-bond acceptors (Lipinski definition) is 3. The summed E-state index contributed by atoms with van der Waals surface area (Å²) >= 11 is 0. The molecule has 0 spiro atoms. The van der Waals surface area contributed by atoms with Crippen LogP contribution >= 0.6 is 0 Å². The van der Waals surface area contributed by atoms with Crippen LogP contribution in [-0.2, 0) is 4.79 Å². The van der Waals surface area contributed by atoms with E-state index in [0.717, 1.165) is 45.8 Å². The molecule has 0 aromatic heterocycles. The second kappa shape index (κ2) is 6.90. The number of amides is 1. The van der Waals surface area contributed by atoms with E-state index >= 15 is 0 Å². The van der Waals surface area contributed by atoms with E-state index in [1.807, 2.05) is 0 Å². The van der Waals surface area contributed by atoms with Crippen molar-refractivity contribution in [3.63, 3.8) is 0 Å². The van der Waals surface area contributed by atoms with Crippen LogP contribution < -0.4 is 0 Å². The van der Waals surface area contributed by atoms with E-state index in [4.69, 9.17) is 0 Å². The van der Waals surface area contributed by atoms with Crippen LogP contribution in [0.25, 0.3) is 0 Å². The van der Waals surface area contributed by atoms with Crippen molar-refractivity contribution in [1.82, 2.24) is 14.7 Å². The zero-order valence-electron chi connectivity index (χ0n) is 13.6. The van der Waals surface area contributed by atoms with Crippen LogP contribution in [0.1, 0.15) is 34.1 Å². The summed E-state index contributed by atoms with van der Waals surface area (Å²) in [6, 6.07) is 0.0494. The maximum Gasteiger partial charge on any atom is 0.239 e. The molecule has 0 aromatic rings. The molecule has 0 radical (unpaired) electrons. The zero-order chi connectivity index (χ0) is 14.7. The Morgan fingerprint density at radius 1 is 1.10 bits per heavy atom. The average molecular weight is 281 g/mol. The van der Waals surface area contributed by atoms with Gasteiger partial charge in [0, 0.05) is 39.3 Å². The van der Waals surface area contributed by atoms with E-state index in [2.05, 4.69) is 42.4 Å². The zero-order valence-corrected chi connectivity index (χ0v) is 13.6. The maximum absolute atomic E-state index is 12.7. The first-order chi connectivity index (χ1) is 9.51. The van der Waals surface area contributed by atoms with Gasteiger partial charge in [0.1, 0.15) is 0 Å². The SMILES string of the molecule is CCN1CCN(C(=O)C(C)N2CC(C)CC(C)C2)CC1. The Kier molecular flexibility index (Phi) is 5.44. The second-order valence-electron chi connectivity index (χ2n) is 6.84. The second-order valence-corrected chi connectivity index (χ2v) is 6.84. The summed E-state index contributed by atoms with van der Waals surface area (Å²) in [5, 5.41) is 0. The molecular formula is C16H31N3O. The molecule has 116 valence electrons. The molecule has 4 heteroatoms. The first-order valence-electron chi connectivity index (χ1n) is 8.26. The molecule has 2 rings (SSSR count). The lowest BCUT2D eigenvalue weighted by atomic mass is 9.91. The molecule has 3 atom stereocenters. The predicted molar refractivity (Wildman–Crippen MR) is 82.7 cm³/mol. The normalized spacial score (nSPS) is 31.3. The highest BCUT2D eigenvalue weighted by molar-refractivity contribution is 5.81. The minimum atomic E-state index is 0.0494. The number of nitrogens with zero attached hydrogens (tertiary/aromatic N) is 3. The molecule has 2 aliphatic rings. The Bertz CT molecular complexity index is 316.